The van der Waals surface area contributed by atoms with Crippen LogP contribution in [0.3, 0.4) is 0 Å². The number of hydrazone groups is 1. The average Bonchev–Trinajstić information content (AvgIpc) is 2.67. The van der Waals surface area contributed by atoms with Crippen LogP contribution in [-0.4, -0.2) is 31.2 Å². The maximum absolute atomic E-state index is 14.0. The highest BCUT2D eigenvalue weighted by atomic mass is 127. The van der Waals surface area contributed by atoms with Crippen molar-refractivity contribution in [3.63, 3.8) is 0 Å². The minimum atomic E-state index is -0.872. The van der Waals surface area contributed by atoms with Gasteiger partial charge < -0.3 is 14.8 Å². The molecule has 0 heterocycles. The summed E-state index contributed by atoms with van der Waals surface area (Å²) in [5.41, 5.74) is 2.99. The van der Waals surface area contributed by atoms with Crippen LogP contribution in [0.5, 0.6) is 11.5 Å². The first-order chi connectivity index (χ1) is 14.2. The molecular formula is C20H20ClFIN3O4. The number of benzene rings is 2. The largest absolute Gasteiger partial charge is 0.493 e. The number of ether oxygens (including phenoxy) is 2. The van der Waals surface area contributed by atoms with Gasteiger partial charge in [0.1, 0.15) is 12.4 Å². The van der Waals surface area contributed by atoms with E-state index in [4.69, 9.17) is 21.1 Å². The number of hydrogen-bond donors (Lipinski definition) is 2. The van der Waals surface area contributed by atoms with E-state index >= 15 is 0 Å². The van der Waals surface area contributed by atoms with Gasteiger partial charge in [-0.1, -0.05) is 17.7 Å². The first-order valence-corrected chi connectivity index (χ1v) is 10.3. The minimum Gasteiger partial charge on any atom is -0.493 e. The molecular weight excluding hydrogens is 528 g/mol. The van der Waals surface area contributed by atoms with Gasteiger partial charge in [-0.25, -0.2) is 9.82 Å². The van der Waals surface area contributed by atoms with Crippen molar-refractivity contribution in [2.75, 3.05) is 7.11 Å². The van der Waals surface area contributed by atoms with Crippen LogP contribution >= 0.6 is 34.2 Å². The van der Waals surface area contributed by atoms with E-state index in [9.17, 15) is 14.0 Å². The van der Waals surface area contributed by atoms with Gasteiger partial charge in [-0.05, 0) is 66.3 Å². The zero-order valence-corrected chi connectivity index (χ0v) is 19.4. The molecule has 0 aromatic heterocycles. The Labute approximate surface area is 192 Å². The number of amides is 2. The summed E-state index contributed by atoms with van der Waals surface area (Å²) < 4.78 is 25.7. The van der Waals surface area contributed by atoms with Crippen molar-refractivity contribution in [1.82, 2.24) is 10.7 Å². The van der Waals surface area contributed by atoms with E-state index in [0.717, 1.165) is 0 Å². The van der Waals surface area contributed by atoms with Crippen LogP contribution in [0.4, 0.5) is 4.39 Å². The maximum atomic E-state index is 14.0. The van der Waals surface area contributed by atoms with Crippen LogP contribution in [0.1, 0.15) is 25.0 Å². The Morgan fingerprint density at radius 1 is 1.30 bits per heavy atom. The van der Waals surface area contributed by atoms with Crippen molar-refractivity contribution in [2.45, 2.75) is 26.5 Å². The number of rotatable bonds is 7. The Morgan fingerprint density at radius 3 is 2.67 bits per heavy atom. The average molecular weight is 548 g/mol. The first-order valence-electron chi connectivity index (χ1n) is 8.80. The monoisotopic (exact) mass is 547 g/mol. The van der Waals surface area contributed by atoms with Crippen LogP contribution in [0.25, 0.3) is 0 Å². The molecule has 160 valence electrons. The van der Waals surface area contributed by atoms with Crippen molar-refractivity contribution >= 4 is 52.2 Å². The molecule has 2 rings (SSSR count). The fourth-order valence-electron chi connectivity index (χ4n) is 2.31. The molecule has 2 aromatic carbocycles. The molecule has 2 amide bonds. The lowest BCUT2D eigenvalue weighted by molar-refractivity contribution is -0.139. The number of carbonyl (C=O) groups excluding carboxylic acids is 2. The Kier molecular flexibility index (Phi) is 8.85. The number of methoxy groups -OCH3 is 1. The second-order valence-electron chi connectivity index (χ2n) is 6.35. The minimum absolute atomic E-state index is 0.0771. The molecule has 0 atom stereocenters. The normalized spacial score (nSPS) is 10.9. The lowest BCUT2D eigenvalue weighted by Gasteiger charge is -2.14. The van der Waals surface area contributed by atoms with Crippen LogP contribution in [0.15, 0.2) is 35.4 Å². The summed E-state index contributed by atoms with van der Waals surface area (Å²) >= 11 is 8.07. The van der Waals surface area contributed by atoms with Crippen molar-refractivity contribution in [3.05, 3.63) is 55.9 Å². The summed E-state index contributed by atoms with van der Waals surface area (Å²) in [4.78, 5) is 23.2. The van der Waals surface area contributed by atoms with Crippen molar-refractivity contribution < 1.29 is 23.5 Å². The lowest BCUT2D eigenvalue weighted by Crippen LogP contribution is -2.41. The zero-order chi connectivity index (χ0) is 22.3. The van der Waals surface area contributed by atoms with Crippen LogP contribution in [0, 0.1) is 9.39 Å². The van der Waals surface area contributed by atoms with Crippen molar-refractivity contribution in [1.29, 1.82) is 0 Å². The fraction of sp³-hybridized carbons (Fsp3) is 0.250. The lowest BCUT2D eigenvalue weighted by atomic mass is 10.2. The number of carbonyl (C=O) groups is 2. The molecule has 0 saturated heterocycles. The smallest absolute Gasteiger partial charge is 0.329 e. The molecule has 0 fully saturated rings. The molecule has 0 bridgehead atoms. The fourth-order valence-corrected chi connectivity index (χ4v) is 3.31. The van der Waals surface area contributed by atoms with Crippen LogP contribution < -0.4 is 20.2 Å². The summed E-state index contributed by atoms with van der Waals surface area (Å²) in [6, 6.07) is 7.60. The van der Waals surface area contributed by atoms with E-state index in [1.54, 1.807) is 32.0 Å². The molecule has 0 unspecified atom stereocenters. The third kappa shape index (κ3) is 6.56. The third-order valence-corrected chi connectivity index (χ3v) is 4.84. The predicted octanol–water partition coefficient (Wildman–Crippen LogP) is 3.65. The van der Waals surface area contributed by atoms with E-state index in [0.29, 0.717) is 20.6 Å². The van der Waals surface area contributed by atoms with Crippen LogP contribution in [-0.2, 0) is 16.2 Å². The number of hydrogen-bond acceptors (Lipinski definition) is 5. The Morgan fingerprint density at radius 2 is 2.03 bits per heavy atom. The van der Waals surface area contributed by atoms with Crippen molar-refractivity contribution in [3.8, 4) is 11.5 Å². The summed E-state index contributed by atoms with van der Waals surface area (Å²) in [6.07, 6.45) is 1.36. The highest BCUT2D eigenvalue weighted by Crippen LogP contribution is 2.34. The van der Waals surface area contributed by atoms with E-state index < -0.39 is 17.6 Å². The van der Waals surface area contributed by atoms with Gasteiger partial charge in [0.25, 0.3) is 0 Å². The second-order valence-corrected chi connectivity index (χ2v) is 7.92. The second kappa shape index (κ2) is 11.1. The molecule has 0 aliphatic rings. The Hall–Kier alpha value is -2.40. The Bertz CT molecular complexity index is 949. The van der Waals surface area contributed by atoms with Gasteiger partial charge in [-0.3, -0.25) is 9.59 Å². The predicted molar refractivity (Wildman–Crippen MR) is 120 cm³/mol. The van der Waals surface area contributed by atoms with E-state index in [-0.39, 0.29) is 23.2 Å². The molecule has 2 N–H and O–H groups in total. The van der Waals surface area contributed by atoms with E-state index in [1.165, 1.54) is 25.5 Å². The van der Waals surface area contributed by atoms with E-state index in [1.807, 2.05) is 22.6 Å². The zero-order valence-electron chi connectivity index (χ0n) is 16.5. The van der Waals surface area contributed by atoms with Gasteiger partial charge in [0.05, 0.1) is 21.9 Å². The summed E-state index contributed by atoms with van der Waals surface area (Å²) in [6.45, 7) is 3.41. The molecule has 0 spiro atoms. The van der Waals surface area contributed by atoms with Gasteiger partial charge in [-0.15, -0.1) is 0 Å². The quantitative estimate of drug-likeness (QED) is 0.240. The summed E-state index contributed by atoms with van der Waals surface area (Å²) in [5, 5.41) is 6.51. The maximum Gasteiger partial charge on any atom is 0.329 e. The molecule has 0 saturated carbocycles. The molecule has 10 heteroatoms. The highest BCUT2D eigenvalue weighted by molar-refractivity contribution is 14.1. The van der Waals surface area contributed by atoms with Gasteiger partial charge in [0.15, 0.2) is 11.5 Å². The summed E-state index contributed by atoms with van der Waals surface area (Å²) in [7, 11) is 1.47. The first kappa shape index (κ1) is 23.9. The van der Waals surface area contributed by atoms with Gasteiger partial charge in [0, 0.05) is 11.6 Å². The number of halogens is 3. The van der Waals surface area contributed by atoms with Crippen LogP contribution in [0.2, 0.25) is 5.02 Å². The molecule has 0 aliphatic carbocycles. The van der Waals surface area contributed by atoms with Gasteiger partial charge >= 0.3 is 11.8 Å². The number of nitrogens with one attached hydrogen (secondary N) is 2. The van der Waals surface area contributed by atoms with E-state index in [2.05, 4.69) is 15.8 Å². The van der Waals surface area contributed by atoms with Gasteiger partial charge in [-0.2, -0.15) is 5.10 Å². The third-order valence-electron chi connectivity index (χ3n) is 3.68. The highest BCUT2D eigenvalue weighted by Gasteiger charge is 2.15. The molecule has 2 aromatic rings. The molecule has 7 nitrogen and oxygen atoms in total. The molecule has 30 heavy (non-hydrogen) atoms. The molecule has 0 aliphatic heterocycles. The summed E-state index contributed by atoms with van der Waals surface area (Å²) in [5.74, 6) is -1.31. The SMILES string of the molecule is COc1cc(/C=N\NC(=O)C(=O)NC(C)C)cc(I)c1OCc1c(F)cccc1Cl. The van der Waals surface area contributed by atoms with Crippen molar-refractivity contribution in [2.24, 2.45) is 5.10 Å². The van der Waals surface area contributed by atoms with Gasteiger partial charge in [0.2, 0.25) is 0 Å². The topological polar surface area (TPSA) is 89.0 Å². The number of nitrogens with zero attached hydrogens (tertiary/aromatic N) is 1. The standard InChI is InChI=1S/C20H20ClFIN3O4/c1-11(2)25-19(27)20(28)26-24-9-12-7-16(23)18(17(8-12)29-3)30-10-13-14(21)5-4-6-15(13)22/h4-9,11H,10H2,1-3H3,(H,25,27)(H,26,28)/b24-9-. The Balaban J connectivity index is 2.11. The molecule has 0 radical (unpaired) electrons.